The summed E-state index contributed by atoms with van der Waals surface area (Å²) in [5.41, 5.74) is 10.2. The number of carbonyl (C=O) groups is 4. The van der Waals surface area contributed by atoms with E-state index < -0.39 is 6.09 Å². The van der Waals surface area contributed by atoms with Gasteiger partial charge in [-0.2, -0.15) is 0 Å². The first-order chi connectivity index (χ1) is 34.7. The van der Waals surface area contributed by atoms with Gasteiger partial charge in [-0.15, -0.1) is 0 Å². The van der Waals surface area contributed by atoms with Crippen molar-refractivity contribution in [1.82, 2.24) is 35.0 Å². The lowest BCUT2D eigenvalue weighted by Crippen LogP contribution is -2.42. The maximum atomic E-state index is 12.8. The Morgan fingerprint density at radius 1 is 0.606 bits per heavy atom. The number of para-hydroxylation sites is 1. The second-order valence-electron chi connectivity index (χ2n) is 16.8. The molecule has 2 aliphatic heterocycles. The van der Waals surface area contributed by atoms with E-state index in [1.807, 2.05) is 72.8 Å². The normalized spacial score (nSPS) is 13.6. The van der Waals surface area contributed by atoms with Crippen LogP contribution in [0.4, 0.5) is 9.59 Å². The van der Waals surface area contributed by atoms with Crippen LogP contribution in [0.3, 0.4) is 0 Å². The molecule has 2 aliphatic rings. The molecule has 0 spiro atoms. The van der Waals surface area contributed by atoms with Crippen LogP contribution in [0.15, 0.2) is 165 Å². The van der Waals surface area contributed by atoms with E-state index in [1.54, 1.807) is 91.1 Å². The van der Waals surface area contributed by atoms with E-state index in [4.69, 9.17) is 23.9 Å². The largest absolute Gasteiger partial charge is 0.424 e. The molecule has 0 bridgehead atoms. The maximum Gasteiger partial charge on any atom is 0.424 e. The average molecular weight is 962 g/mol. The van der Waals surface area contributed by atoms with Gasteiger partial charge in [0.05, 0.1) is 24.6 Å². The van der Waals surface area contributed by atoms with E-state index >= 15 is 0 Å². The van der Waals surface area contributed by atoms with Gasteiger partial charge in [-0.3, -0.25) is 23.8 Å². The molecule has 2 N–H and O–H groups in total. The topological polar surface area (TPSA) is 177 Å². The van der Waals surface area contributed by atoms with Gasteiger partial charge < -0.3 is 19.1 Å². The summed E-state index contributed by atoms with van der Waals surface area (Å²) >= 11 is 0. The number of hydrogen-bond acceptors (Lipinski definition) is 11. The predicted octanol–water partition coefficient (Wildman–Crippen LogP) is 9.77. The quantitative estimate of drug-likeness (QED) is 0.105. The molecule has 16 heteroatoms. The summed E-state index contributed by atoms with van der Waals surface area (Å²) in [6.07, 6.45) is 11.1. The monoisotopic (exact) mass is 961 g/mol. The van der Waals surface area contributed by atoms with Crippen molar-refractivity contribution in [2.75, 3.05) is 33.5 Å². The van der Waals surface area contributed by atoms with Crippen molar-refractivity contribution in [2.45, 2.75) is 58.3 Å². The number of nitrogens with zero attached hydrogens (tertiary/aromatic N) is 5. The fraction of sp³-hybridized carbons (Fsp3) is 0.273. The third kappa shape index (κ3) is 15.6. The summed E-state index contributed by atoms with van der Waals surface area (Å²) < 4.78 is 18.6. The Labute approximate surface area is 413 Å². The summed E-state index contributed by atoms with van der Waals surface area (Å²) in [5.74, 6) is 0.680. The lowest BCUT2D eigenvalue weighted by atomic mass is 9.98. The lowest BCUT2D eigenvalue weighted by Gasteiger charge is -2.30. The highest BCUT2D eigenvalue weighted by molar-refractivity contribution is 5.95. The minimum Gasteiger partial charge on any atom is -0.410 e. The fourth-order valence-electron chi connectivity index (χ4n) is 7.63. The van der Waals surface area contributed by atoms with Gasteiger partial charge in [0.1, 0.15) is 18.4 Å². The molecule has 3 amide bonds. The molecule has 16 nitrogen and oxygen atoms in total. The van der Waals surface area contributed by atoms with Crippen molar-refractivity contribution >= 4 is 23.9 Å². The Kier molecular flexibility index (Phi) is 19.3. The first-order valence-corrected chi connectivity index (χ1v) is 23.6. The van der Waals surface area contributed by atoms with Crippen molar-refractivity contribution in [3.8, 4) is 28.3 Å². The highest BCUT2D eigenvalue weighted by atomic mass is 16.7. The second kappa shape index (κ2) is 26.8. The number of rotatable bonds is 13. The first-order valence-electron chi connectivity index (χ1n) is 23.6. The summed E-state index contributed by atoms with van der Waals surface area (Å²) in [5, 5.41) is 0. The number of carbonyl (C=O) groups excluding carboxylic acids is 4. The van der Waals surface area contributed by atoms with Gasteiger partial charge in [0.15, 0.2) is 0 Å². The number of ether oxygens (including phenoxy) is 3. The van der Waals surface area contributed by atoms with Gasteiger partial charge in [0.25, 0.3) is 11.8 Å². The van der Waals surface area contributed by atoms with E-state index in [9.17, 15) is 19.2 Å². The molecule has 368 valence electrons. The SMILES string of the molecule is CCC1CCOCC1.CN(C(=O)n1cnc(-c2cccc(C(=O)NOCc3ccccc3)c2)c1)C1CCOCC1.O=C(NOCc1ccccc1)c1cccc(-c2cn(C(=O)Oc3ccccc3)cn2)c1. The number of hydroxylamine groups is 2. The van der Waals surface area contributed by atoms with Crippen molar-refractivity contribution in [1.29, 1.82) is 0 Å². The zero-order valence-electron chi connectivity index (χ0n) is 39.9. The molecule has 4 heterocycles. The van der Waals surface area contributed by atoms with Crippen LogP contribution in [0.25, 0.3) is 22.5 Å². The molecule has 2 saturated heterocycles. The van der Waals surface area contributed by atoms with Crippen molar-refractivity contribution in [2.24, 2.45) is 5.92 Å². The molecule has 7 aromatic rings. The average Bonchev–Trinajstić information content (AvgIpc) is 4.15. The number of hydrogen-bond donors (Lipinski definition) is 2. The van der Waals surface area contributed by atoms with Crippen LogP contribution in [0.2, 0.25) is 0 Å². The predicted molar refractivity (Wildman–Crippen MR) is 267 cm³/mol. The number of amides is 3. The zero-order chi connectivity index (χ0) is 49.6. The molecule has 71 heavy (non-hydrogen) atoms. The molecule has 0 aliphatic carbocycles. The van der Waals surface area contributed by atoms with E-state index in [1.165, 1.54) is 41.1 Å². The Bertz CT molecular complexity index is 2750. The standard InChI is InChI=1S/C24H26N4O4.C24H19N3O4.C7H14O/c1-27(21-10-12-31-13-11-21)24(30)28-15-22(25-17-28)19-8-5-9-20(14-19)23(29)26-32-16-18-6-3-2-4-7-18;28-23(26-30-16-18-8-3-1-4-9-18)20-11-7-10-19(14-20)22-15-27(17-25-22)24(29)31-21-12-5-2-6-13-21;1-2-7-3-5-8-6-4-7/h2-9,14-15,17,21H,10-13,16H2,1H3,(H,26,29);1-15,17H,16H2,(H,26,28);7H,2-6H2,1H3. The summed E-state index contributed by atoms with van der Waals surface area (Å²) in [6, 6.07) is 41.9. The first kappa shape index (κ1) is 51.1. The van der Waals surface area contributed by atoms with Gasteiger partial charge in [-0.05, 0) is 79.1 Å². The van der Waals surface area contributed by atoms with Crippen molar-refractivity contribution in [3.05, 3.63) is 187 Å². The Morgan fingerprint density at radius 3 is 1.56 bits per heavy atom. The fourth-order valence-corrected chi connectivity index (χ4v) is 7.63. The van der Waals surface area contributed by atoms with Gasteiger partial charge >= 0.3 is 12.1 Å². The molecule has 2 fully saturated rings. The van der Waals surface area contributed by atoms with Crippen LogP contribution in [0, 0.1) is 5.92 Å². The van der Waals surface area contributed by atoms with Crippen LogP contribution >= 0.6 is 0 Å². The van der Waals surface area contributed by atoms with Crippen LogP contribution in [-0.4, -0.2) is 87.5 Å². The minimum absolute atomic E-state index is 0.140. The molecule has 9 rings (SSSR count). The third-order valence-electron chi connectivity index (χ3n) is 11.8. The molecular formula is C55H59N7O9. The van der Waals surface area contributed by atoms with Crippen LogP contribution in [-0.2, 0) is 32.4 Å². The second-order valence-corrected chi connectivity index (χ2v) is 16.8. The Balaban J connectivity index is 0.000000180. The zero-order valence-corrected chi connectivity index (χ0v) is 39.9. The molecular weight excluding hydrogens is 903 g/mol. The highest BCUT2D eigenvalue weighted by Gasteiger charge is 2.24. The number of imidazole rings is 2. The molecule has 2 aromatic heterocycles. The van der Waals surface area contributed by atoms with Gasteiger partial charge in [-0.1, -0.05) is 116 Å². The Hall–Kier alpha value is -7.76. The minimum atomic E-state index is -0.576. The summed E-state index contributed by atoms with van der Waals surface area (Å²) in [7, 11) is 1.80. The van der Waals surface area contributed by atoms with Gasteiger partial charge in [0, 0.05) is 74.2 Å². The van der Waals surface area contributed by atoms with Crippen molar-refractivity contribution < 1.29 is 43.1 Å². The van der Waals surface area contributed by atoms with E-state index in [-0.39, 0.29) is 37.1 Å². The maximum absolute atomic E-state index is 12.8. The van der Waals surface area contributed by atoms with E-state index in [0.717, 1.165) is 48.7 Å². The molecule has 0 radical (unpaired) electrons. The molecule has 0 atom stereocenters. The van der Waals surface area contributed by atoms with Crippen molar-refractivity contribution in [3.63, 3.8) is 0 Å². The molecule has 0 unspecified atom stereocenters. The molecule has 0 saturated carbocycles. The Morgan fingerprint density at radius 2 is 1.07 bits per heavy atom. The number of benzene rings is 5. The summed E-state index contributed by atoms with van der Waals surface area (Å²) in [6.45, 7) is 6.13. The summed E-state index contributed by atoms with van der Waals surface area (Å²) in [4.78, 5) is 70.9. The third-order valence-corrected chi connectivity index (χ3v) is 11.8. The number of nitrogens with one attached hydrogen (secondary N) is 2. The smallest absolute Gasteiger partial charge is 0.410 e. The molecule has 5 aromatic carbocycles. The van der Waals surface area contributed by atoms with Gasteiger partial charge in [0.2, 0.25) is 0 Å². The van der Waals surface area contributed by atoms with E-state index in [0.29, 0.717) is 47.0 Å². The highest BCUT2D eigenvalue weighted by Crippen LogP contribution is 2.22. The van der Waals surface area contributed by atoms with E-state index in [2.05, 4.69) is 27.9 Å². The van der Waals surface area contributed by atoms with Crippen LogP contribution < -0.4 is 15.7 Å². The van der Waals surface area contributed by atoms with Gasteiger partial charge in [-0.25, -0.2) is 35.1 Å². The van der Waals surface area contributed by atoms with Crippen LogP contribution in [0.1, 0.15) is 70.9 Å². The number of aromatic nitrogens is 4. The van der Waals surface area contributed by atoms with Crippen LogP contribution in [0.5, 0.6) is 5.75 Å². The lowest BCUT2D eigenvalue weighted by molar-refractivity contribution is 0.0231.